The van der Waals surface area contributed by atoms with Crippen molar-refractivity contribution in [1.82, 2.24) is 9.55 Å². The van der Waals surface area contributed by atoms with Gasteiger partial charge in [-0.25, -0.2) is 4.39 Å². The van der Waals surface area contributed by atoms with Crippen LogP contribution in [0.25, 0.3) is 22.0 Å². The standard InChI is InChI=1S/C21H16ClFN2O2/c22-15-10-13(23)5-6-14(15)17-18(21(27)24-20(17)26)16-7-4-11-2-1-3-12-8-9-25(16)19(11)12/h1-3,5-6,8-10,16,24,26-27H,4,7H2. The van der Waals surface area contributed by atoms with Crippen molar-refractivity contribution in [2.24, 2.45) is 0 Å². The molecule has 1 atom stereocenters. The fraction of sp³-hybridized carbons (Fsp3) is 0.143. The molecule has 0 radical (unpaired) electrons. The quantitative estimate of drug-likeness (QED) is 0.436. The maximum absolute atomic E-state index is 13.5. The summed E-state index contributed by atoms with van der Waals surface area (Å²) in [5, 5.41) is 22.3. The Balaban J connectivity index is 1.75. The van der Waals surface area contributed by atoms with Crippen molar-refractivity contribution >= 4 is 22.5 Å². The number of para-hydroxylation sites is 1. The number of aromatic nitrogens is 2. The molecule has 2 aromatic carbocycles. The molecule has 3 N–H and O–H groups in total. The predicted molar refractivity (Wildman–Crippen MR) is 103 cm³/mol. The third kappa shape index (κ3) is 2.35. The molecule has 0 bridgehead atoms. The van der Waals surface area contributed by atoms with Crippen molar-refractivity contribution in [1.29, 1.82) is 0 Å². The molecule has 136 valence electrons. The van der Waals surface area contributed by atoms with Gasteiger partial charge in [-0.05, 0) is 48.1 Å². The maximum Gasteiger partial charge on any atom is 0.199 e. The fourth-order valence-electron chi connectivity index (χ4n) is 4.25. The van der Waals surface area contributed by atoms with E-state index < -0.39 is 5.82 Å². The van der Waals surface area contributed by atoms with Crippen LogP contribution in [-0.2, 0) is 6.42 Å². The summed E-state index contributed by atoms with van der Waals surface area (Å²) in [6.07, 6.45) is 3.61. The first-order chi connectivity index (χ1) is 13.0. The second-order valence-corrected chi connectivity index (χ2v) is 7.27. The van der Waals surface area contributed by atoms with Gasteiger partial charge in [0.1, 0.15) is 5.82 Å². The molecule has 1 aliphatic rings. The van der Waals surface area contributed by atoms with Gasteiger partial charge in [0.15, 0.2) is 11.8 Å². The first-order valence-corrected chi connectivity index (χ1v) is 9.10. The molecular formula is C21H16ClFN2O2. The SMILES string of the molecule is Oc1[nH]c(O)c(C2CCc3cccc4ccn2c34)c1-c1ccc(F)cc1Cl. The second-order valence-electron chi connectivity index (χ2n) is 6.87. The summed E-state index contributed by atoms with van der Waals surface area (Å²) >= 11 is 6.24. The van der Waals surface area contributed by atoms with Gasteiger partial charge in [0.2, 0.25) is 0 Å². The number of nitrogens with one attached hydrogen (secondary N) is 1. The normalized spacial score (nSPS) is 16.1. The maximum atomic E-state index is 13.5. The lowest BCUT2D eigenvalue weighted by molar-refractivity contribution is 0.416. The fourth-order valence-corrected chi connectivity index (χ4v) is 4.51. The lowest BCUT2D eigenvalue weighted by Crippen LogP contribution is -2.16. The number of nitrogens with zero attached hydrogens (tertiary/aromatic N) is 1. The van der Waals surface area contributed by atoms with Crippen LogP contribution in [0.4, 0.5) is 4.39 Å². The Kier molecular flexibility index (Phi) is 3.49. The Labute approximate surface area is 159 Å². The van der Waals surface area contributed by atoms with E-state index in [1.165, 1.54) is 23.8 Å². The van der Waals surface area contributed by atoms with Crippen LogP contribution in [0.2, 0.25) is 5.02 Å². The van der Waals surface area contributed by atoms with Gasteiger partial charge in [0, 0.05) is 17.3 Å². The van der Waals surface area contributed by atoms with Gasteiger partial charge in [-0.3, -0.25) is 4.98 Å². The highest BCUT2D eigenvalue weighted by molar-refractivity contribution is 6.33. The molecule has 0 aliphatic carbocycles. The zero-order valence-electron chi connectivity index (χ0n) is 14.2. The number of aromatic amines is 1. The molecule has 6 heteroatoms. The summed E-state index contributed by atoms with van der Waals surface area (Å²) in [6, 6.07) is 12.1. The zero-order valence-corrected chi connectivity index (χ0v) is 15.0. The average molecular weight is 383 g/mol. The molecule has 27 heavy (non-hydrogen) atoms. The number of hydrogen-bond donors (Lipinski definition) is 3. The molecular weight excluding hydrogens is 367 g/mol. The highest BCUT2D eigenvalue weighted by Crippen LogP contribution is 2.48. The van der Waals surface area contributed by atoms with Crippen LogP contribution in [0.3, 0.4) is 0 Å². The van der Waals surface area contributed by atoms with Crippen molar-refractivity contribution in [3.63, 3.8) is 0 Å². The summed E-state index contributed by atoms with van der Waals surface area (Å²) in [7, 11) is 0. The lowest BCUT2D eigenvalue weighted by atomic mass is 9.91. The molecule has 4 aromatic rings. The van der Waals surface area contributed by atoms with Gasteiger partial charge in [0.05, 0.1) is 22.1 Å². The van der Waals surface area contributed by atoms with E-state index in [0.29, 0.717) is 16.7 Å². The van der Waals surface area contributed by atoms with Crippen LogP contribution in [0, 0.1) is 5.82 Å². The van der Waals surface area contributed by atoms with Crippen LogP contribution < -0.4 is 0 Å². The Morgan fingerprint density at radius 1 is 1.11 bits per heavy atom. The Morgan fingerprint density at radius 2 is 1.96 bits per heavy atom. The van der Waals surface area contributed by atoms with Crippen LogP contribution in [0.5, 0.6) is 11.8 Å². The molecule has 1 aliphatic heterocycles. The van der Waals surface area contributed by atoms with E-state index in [1.54, 1.807) is 0 Å². The number of hydrogen-bond acceptors (Lipinski definition) is 2. The smallest absolute Gasteiger partial charge is 0.199 e. The monoisotopic (exact) mass is 382 g/mol. The van der Waals surface area contributed by atoms with E-state index in [-0.39, 0.29) is 22.8 Å². The van der Waals surface area contributed by atoms with Crippen molar-refractivity contribution in [3.8, 4) is 22.9 Å². The largest absolute Gasteiger partial charge is 0.494 e. The summed E-state index contributed by atoms with van der Waals surface area (Å²) in [6.45, 7) is 0. The average Bonchev–Trinajstić information content (AvgIpc) is 3.19. The van der Waals surface area contributed by atoms with E-state index in [9.17, 15) is 14.6 Å². The van der Waals surface area contributed by atoms with Crippen molar-refractivity contribution in [2.45, 2.75) is 18.9 Å². The third-order valence-electron chi connectivity index (χ3n) is 5.38. The van der Waals surface area contributed by atoms with Gasteiger partial charge in [-0.2, -0.15) is 0 Å². The van der Waals surface area contributed by atoms with Crippen LogP contribution in [0.15, 0.2) is 48.7 Å². The second kappa shape index (κ2) is 5.79. The van der Waals surface area contributed by atoms with Gasteiger partial charge < -0.3 is 14.8 Å². The van der Waals surface area contributed by atoms with E-state index in [4.69, 9.17) is 11.6 Å². The molecule has 0 saturated heterocycles. The lowest BCUT2D eigenvalue weighted by Gasteiger charge is -2.27. The molecule has 0 fully saturated rings. The molecule has 0 amide bonds. The van der Waals surface area contributed by atoms with Gasteiger partial charge in [-0.1, -0.05) is 29.8 Å². The number of aromatic hydroxyl groups is 2. The van der Waals surface area contributed by atoms with Gasteiger partial charge in [0.25, 0.3) is 0 Å². The van der Waals surface area contributed by atoms with E-state index in [2.05, 4.69) is 21.7 Å². The summed E-state index contributed by atoms with van der Waals surface area (Å²) in [5.41, 5.74) is 3.83. The van der Waals surface area contributed by atoms with E-state index in [1.807, 2.05) is 18.3 Å². The minimum absolute atomic E-state index is 0.103. The van der Waals surface area contributed by atoms with E-state index in [0.717, 1.165) is 23.7 Å². The van der Waals surface area contributed by atoms with Crippen molar-refractivity contribution < 1.29 is 14.6 Å². The van der Waals surface area contributed by atoms with Crippen LogP contribution in [-0.4, -0.2) is 19.8 Å². The topological polar surface area (TPSA) is 61.2 Å². The first-order valence-electron chi connectivity index (χ1n) is 8.72. The van der Waals surface area contributed by atoms with Gasteiger partial charge >= 0.3 is 0 Å². The summed E-state index contributed by atoms with van der Waals surface area (Å²) in [4.78, 5) is 2.61. The molecule has 0 saturated carbocycles. The van der Waals surface area contributed by atoms with Crippen molar-refractivity contribution in [3.05, 3.63) is 70.6 Å². The van der Waals surface area contributed by atoms with E-state index >= 15 is 0 Å². The Bertz CT molecular complexity index is 1190. The Morgan fingerprint density at radius 3 is 2.78 bits per heavy atom. The third-order valence-corrected chi connectivity index (χ3v) is 5.69. The first kappa shape index (κ1) is 16.3. The predicted octanol–water partition coefficient (Wildman–Crippen LogP) is 5.38. The number of rotatable bonds is 2. The molecule has 1 unspecified atom stereocenters. The highest BCUT2D eigenvalue weighted by Gasteiger charge is 2.31. The number of halogens is 2. The molecule has 2 aromatic heterocycles. The molecule has 0 spiro atoms. The summed E-state index contributed by atoms with van der Waals surface area (Å²) in [5.74, 6) is -0.740. The number of benzene rings is 2. The minimum atomic E-state index is -0.455. The van der Waals surface area contributed by atoms with Gasteiger partial charge in [-0.15, -0.1) is 0 Å². The molecule has 3 heterocycles. The Hall–Kier alpha value is -2.92. The molecule has 4 nitrogen and oxygen atoms in total. The zero-order chi connectivity index (χ0) is 18.7. The molecule has 5 rings (SSSR count). The minimum Gasteiger partial charge on any atom is -0.494 e. The highest BCUT2D eigenvalue weighted by atomic mass is 35.5. The van der Waals surface area contributed by atoms with Crippen molar-refractivity contribution in [2.75, 3.05) is 0 Å². The number of H-pyrrole nitrogens is 1. The van der Waals surface area contributed by atoms with Crippen LogP contribution in [0.1, 0.15) is 23.6 Å². The van der Waals surface area contributed by atoms with Crippen LogP contribution >= 0.6 is 11.6 Å². The summed E-state index contributed by atoms with van der Waals surface area (Å²) < 4.78 is 15.6. The number of aryl methyl sites for hydroxylation is 1.